The lowest BCUT2D eigenvalue weighted by Gasteiger charge is -2.09. The highest BCUT2D eigenvalue weighted by Crippen LogP contribution is 2.23. The number of aromatic amines is 1. The number of hydrogen-bond donors (Lipinski definition) is 2. The number of thioether (sulfide) groups is 1. The van der Waals surface area contributed by atoms with E-state index in [0.717, 1.165) is 11.3 Å². The Morgan fingerprint density at radius 2 is 1.91 bits per heavy atom. The van der Waals surface area contributed by atoms with Gasteiger partial charge in [0.1, 0.15) is 0 Å². The maximum atomic E-state index is 12.2. The Kier molecular flexibility index (Phi) is 4.68. The molecule has 0 radical (unpaired) electrons. The number of H-pyrrole nitrogens is 1. The zero-order chi connectivity index (χ0) is 16.1. The summed E-state index contributed by atoms with van der Waals surface area (Å²) in [5, 5.41) is 10.1. The predicted molar refractivity (Wildman–Crippen MR) is 90.0 cm³/mol. The Balaban J connectivity index is 1.63. The minimum absolute atomic E-state index is 0.0866. The van der Waals surface area contributed by atoms with Gasteiger partial charge in [-0.3, -0.25) is 14.9 Å². The topological polar surface area (TPSA) is 83.6 Å². The summed E-state index contributed by atoms with van der Waals surface area (Å²) in [7, 11) is 0. The Bertz CT molecular complexity index is 775. The highest BCUT2D eigenvalue weighted by molar-refractivity contribution is 8.00. The van der Waals surface area contributed by atoms with Crippen LogP contribution in [0.2, 0.25) is 0 Å². The minimum atomic E-state index is -0.309. The summed E-state index contributed by atoms with van der Waals surface area (Å²) in [6, 6.07) is 13.1. The largest absolute Gasteiger partial charge is 0.325 e. The van der Waals surface area contributed by atoms with Crippen molar-refractivity contribution in [1.82, 2.24) is 20.2 Å². The third-order valence-electron chi connectivity index (χ3n) is 3.11. The average molecular weight is 325 g/mol. The molecule has 0 aliphatic heterocycles. The van der Waals surface area contributed by atoms with Crippen LogP contribution < -0.4 is 5.32 Å². The number of nitrogens with one attached hydrogen (secondary N) is 2. The van der Waals surface area contributed by atoms with Crippen LogP contribution in [0.25, 0.3) is 11.4 Å². The van der Waals surface area contributed by atoms with E-state index in [9.17, 15) is 4.79 Å². The highest BCUT2D eigenvalue weighted by Gasteiger charge is 2.17. The van der Waals surface area contributed by atoms with Crippen LogP contribution in [-0.4, -0.2) is 31.3 Å². The molecule has 2 heterocycles. The molecule has 2 aromatic heterocycles. The third kappa shape index (κ3) is 3.95. The summed E-state index contributed by atoms with van der Waals surface area (Å²) in [6.45, 7) is 1.82. The van der Waals surface area contributed by atoms with Crippen LogP contribution in [0.3, 0.4) is 0 Å². The van der Waals surface area contributed by atoms with Gasteiger partial charge in [-0.05, 0) is 31.2 Å². The number of carbonyl (C=O) groups is 1. The summed E-state index contributed by atoms with van der Waals surface area (Å²) in [6.07, 6.45) is 3.39. The van der Waals surface area contributed by atoms with Crippen molar-refractivity contribution >= 4 is 23.4 Å². The number of benzene rings is 1. The van der Waals surface area contributed by atoms with Crippen LogP contribution in [0.4, 0.5) is 5.69 Å². The summed E-state index contributed by atoms with van der Waals surface area (Å²) in [4.78, 5) is 20.6. The molecule has 3 aromatic rings. The van der Waals surface area contributed by atoms with Crippen LogP contribution in [-0.2, 0) is 4.79 Å². The molecule has 0 fully saturated rings. The molecule has 0 aliphatic carbocycles. The lowest BCUT2D eigenvalue weighted by molar-refractivity contribution is -0.115. The molecule has 1 amide bonds. The van der Waals surface area contributed by atoms with Gasteiger partial charge in [0, 0.05) is 23.6 Å². The van der Waals surface area contributed by atoms with Crippen LogP contribution in [0.5, 0.6) is 0 Å². The van der Waals surface area contributed by atoms with Crippen LogP contribution in [0.15, 0.2) is 60.0 Å². The zero-order valence-corrected chi connectivity index (χ0v) is 13.2. The Morgan fingerprint density at radius 3 is 2.65 bits per heavy atom. The molecule has 0 aliphatic rings. The number of carbonyl (C=O) groups excluding carboxylic acids is 1. The van der Waals surface area contributed by atoms with Gasteiger partial charge in [-0.25, -0.2) is 4.98 Å². The number of hydrogen-bond acceptors (Lipinski definition) is 5. The molecule has 1 aromatic carbocycles. The van der Waals surface area contributed by atoms with Crippen molar-refractivity contribution in [2.45, 2.75) is 17.3 Å². The number of anilines is 1. The number of rotatable bonds is 5. The van der Waals surface area contributed by atoms with E-state index < -0.39 is 0 Å². The fourth-order valence-electron chi connectivity index (χ4n) is 1.92. The van der Waals surface area contributed by atoms with E-state index in [0.29, 0.717) is 11.0 Å². The van der Waals surface area contributed by atoms with Gasteiger partial charge < -0.3 is 5.32 Å². The molecule has 0 bridgehead atoms. The first kappa shape index (κ1) is 15.2. The molecular weight excluding hydrogens is 310 g/mol. The van der Waals surface area contributed by atoms with E-state index in [1.807, 2.05) is 49.4 Å². The molecule has 23 heavy (non-hydrogen) atoms. The minimum Gasteiger partial charge on any atom is -0.325 e. The molecule has 6 nitrogen and oxygen atoms in total. The van der Waals surface area contributed by atoms with E-state index in [1.165, 1.54) is 11.8 Å². The monoisotopic (exact) mass is 325 g/mol. The Morgan fingerprint density at radius 1 is 1.17 bits per heavy atom. The standard InChI is InChI=1S/C16H15N5OS/c1-11(15(22)18-13-5-3-2-4-6-13)23-16-19-14(20-21-16)12-7-9-17-10-8-12/h2-11H,1H3,(H,18,22)(H,19,20,21)/t11-/m0/s1. The lowest BCUT2D eigenvalue weighted by atomic mass is 10.3. The number of nitrogens with zero attached hydrogens (tertiary/aromatic N) is 3. The van der Waals surface area contributed by atoms with Crippen LogP contribution >= 0.6 is 11.8 Å². The van der Waals surface area contributed by atoms with Gasteiger partial charge in [0.15, 0.2) is 5.82 Å². The summed E-state index contributed by atoms with van der Waals surface area (Å²) < 4.78 is 0. The van der Waals surface area contributed by atoms with Gasteiger partial charge >= 0.3 is 0 Å². The van der Waals surface area contributed by atoms with Crippen molar-refractivity contribution in [3.05, 3.63) is 54.9 Å². The molecule has 1 atom stereocenters. The van der Waals surface area contributed by atoms with E-state index in [2.05, 4.69) is 25.5 Å². The van der Waals surface area contributed by atoms with Gasteiger partial charge in [-0.2, -0.15) is 0 Å². The fraction of sp³-hybridized carbons (Fsp3) is 0.125. The van der Waals surface area contributed by atoms with E-state index >= 15 is 0 Å². The van der Waals surface area contributed by atoms with Crippen LogP contribution in [0.1, 0.15) is 6.92 Å². The lowest BCUT2D eigenvalue weighted by Crippen LogP contribution is -2.22. The summed E-state index contributed by atoms with van der Waals surface area (Å²) in [5.74, 6) is 0.571. The quantitative estimate of drug-likeness (QED) is 0.705. The molecular formula is C16H15N5OS. The number of pyridine rings is 1. The van der Waals surface area contributed by atoms with E-state index in [1.54, 1.807) is 12.4 Å². The van der Waals surface area contributed by atoms with Crippen molar-refractivity contribution < 1.29 is 4.79 Å². The predicted octanol–water partition coefficient (Wildman–Crippen LogP) is 2.99. The average Bonchev–Trinajstić information content (AvgIpc) is 3.05. The number of aromatic nitrogens is 4. The van der Waals surface area contributed by atoms with Gasteiger partial charge in [0.2, 0.25) is 11.1 Å². The summed E-state index contributed by atoms with van der Waals surface area (Å²) >= 11 is 1.31. The van der Waals surface area contributed by atoms with E-state index in [-0.39, 0.29) is 11.2 Å². The summed E-state index contributed by atoms with van der Waals surface area (Å²) in [5.41, 5.74) is 1.68. The fourth-order valence-corrected chi connectivity index (χ4v) is 2.64. The second-order valence-electron chi connectivity index (χ2n) is 4.82. The third-order valence-corrected chi connectivity index (χ3v) is 4.07. The van der Waals surface area contributed by atoms with Crippen molar-refractivity contribution in [1.29, 1.82) is 0 Å². The second kappa shape index (κ2) is 7.06. The first-order chi connectivity index (χ1) is 11.2. The normalized spacial score (nSPS) is 11.9. The molecule has 0 saturated heterocycles. The maximum Gasteiger partial charge on any atom is 0.237 e. The molecule has 116 valence electrons. The smallest absolute Gasteiger partial charge is 0.237 e. The van der Waals surface area contributed by atoms with Crippen LogP contribution in [0, 0.1) is 0 Å². The van der Waals surface area contributed by atoms with Gasteiger partial charge in [0.25, 0.3) is 0 Å². The second-order valence-corrected chi connectivity index (χ2v) is 6.13. The Hall–Kier alpha value is -2.67. The van der Waals surface area contributed by atoms with Crippen molar-refractivity contribution in [2.24, 2.45) is 0 Å². The number of amides is 1. The first-order valence-corrected chi connectivity index (χ1v) is 7.96. The zero-order valence-electron chi connectivity index (χ0n) is 12.4. The molecule has 0 saturated carbocycles. The van der Waals surface area contributed by atoms with Gasteiger partial charge in [-0.15, -0.1) is 5.10 Å². The van der Waals surface area contributed by atoms with E-state index in [4.69, 9.17) is 0 Å². The van der Waals surface area contributed by atoms with Crippen molar-refractivity contribution in [3.8, 4) is 11.4 Å². The Labute approximate surface area is 137 Å². The molecule has 0 unspecified atom stereocenters. The number of para-hydroxylation sites is 1. The van der Waals surface area contributed by atoms with Crippen molar-refractivity contribution in [2.75, 3.05) is 5.32 Å². The molecule has 2 N–H and O–H groups in total. The molecule has 0 spiro atoms. The van der Waals surface area contributed by atoms with Gasteiger partial charge in [-0.1, -0.05) is 30.0 Å². The highest BCUT2D eigenvalue weighted by atomic mass is 32.2. The van der Waals surface area contributed by atoms with Crippen molar-refractivity contribution in [3.63, 3.8) is 0 Å². The molecule has 7 heteroatoms. The SMILES string of the molecule is C[C@H](Sc1n[nH]c(-c2ccncc2)n1)C(=O)Nc1ccccc1. The first-order valence-electron chi connectivity index (χ1n) is 7.08. The maximum absolute atomic E-state index is 12.2. The molecule has 3 rings (SSSR count). The van der Waals surface area contributed by atoms with Gasteiger partial charge in [0.05, 0.1) is 5.25 Å².